The van der Waals surface area contributed by atoms with Crippen molar-refractivity contribution in [2.45, 2.75) is 19.8 Å². The van der Waals surface area contributed by atoms with E-state index in [4.69, 9.17) is 0 Å². The summed E-state index contributed by atoms with van der Waals surface area (Å²) >= 11 is 4.67. The Kier molecular flexibility index (Phi) is 5.25. The smallest absolute Gasteiger partial charge is 0.270 e. The number of benzene rings is 1. The summed E-state index contributed by atoms with van der Waals surface area (Å²) in [5.41, 5.74) is 1.11. The molecule has 0 unspecified atom stereocenters. The van der Waals surface area contributed by atoms with Gasteiger partial charge >= 0.3 is 0 Å². The summed E-state index contributed by atoms with van der Waals surface area (Å²) in [5.74, 6) is -0.397. The first-order valence-electron chi connectivity index (χ1n) is 6.20. The van der Waals surface area contributed by atoms with Gasteiger partial charge in [-0.05, 0) is 37.5 Å². The van der Waals surface area contributed by atoms with E-state index in [9.17, 15) is 9.18 Å². The molecule has 2 rings (SSSR count). The van der Waals surface area contributed by atoms with Crippen molar-refractivity contribution in [1.29, 1.82) is 0 Å². The average Bonchev–Trinajstić information content (AvgIpc) is 2.83. The number of hydrogen-bond acceptors (Lipinski definition) is 3. The van der Waals surface area contributed by atoms with Crippen LogP contribution in [0.1, 0.15) is 27.5 Å². The Morgan fingerprint density at radius 1 is 1.50 bits per heavy atom. The second-order valence-corrected chi connectivity index (χ2v) is 6.32. The molecule has 6 heteroatoms. The van der Waals surface area contributed by atoms with E-state index >= 15 is 0 Å². The van der Waals surface area contributed by atoms with Crippen molar-refractivity contribution < 1.29 is 9.18 Å². The van der Waals surface area contributed by atoms with Crippen molar-refractivity contribution >= 4 is 33.2 Å². The van der Waals surface area contributed by atoms with E-state index in [2.05, 4.69) is 26.2 Å². The standard InChI is InChI=1S/C14H14BrFN2OS/c1-9-18-13(8-20-9)14(19)17-6-2-3-10-4-5-11(15)7-12(10)16/h4-5,7-8H,2-3,6H2,1H3,(H,17,19). The number of carbonyl (C=O) groups is 1. The van der Waals surface area contributed by atoms with Crippen molar-refractivity contribution in [2.75, 3.05) is 6.54 Å². The predicted molar refractivity (Wildman–Crippen MR) is 81.6 cm³/mol. The molecule has 0 fully saturated rings. The van der Waals surface area contributed by atoms with Gasteiger partial charge in [-0.25, -0.2) is 9.37 Å². The summed E-state index contributed by atoms with van der Waals surface area (Å²) in [6, 6.07) is 5.02. The van der Waals surface area contributed by atoms with Crippen molar-refractivity contribution in [3.63, 3.8) is 0 Å². The average molecular weight is 357 g/mol. The third-order valence-corrected chi connectivity index (χ3v) is 4.04. The van der Waals surface area contributed by atoms with Gasteiger partial charge in [-0.3, -0.25) is 4.79 Å². The Morgan fingerprint density at radius 2 is 2.30 bits per heavy atom. The molecule has 0 aliphatic heterocycles. The van der Waals surface area contributed by atoms with E-state index in [1.165, 1.54) is 17.4 Å². The minimum absolute atomic E-state index is 0.175. The topological polar surface area (TPSA) is 42.0 Å². The molecule has 3 nitrogen and oxygen atoms in total. The Morgan fingerprint density at radius 3 is 2.95 bits per heavy atom. The van der Waals surface area contributed by atoms with Crippen LogP contribution >= 0.6 is 27.3 Å². The van der Waals surface area contributed by atoms with Gasteiger partial charge in [0.1, 0.15) is 11.5 Å². The SMILES string of the molecule is Cc1nc(C(=O)NCCCc2ccc(Br)cc2F)cs1. The molecular weight excluding hydrogens is 343 g/mol. The molecule has 1 amide bonds. The zero-order valence-corrected chi connectivity index (χ0v) is 13.4. The molecule has 0 saturated carbocycles. The van der Waals surface area contributed by atoms with Gasteiger partial charge in [-0.15, -0.1) is 11.3 Å². The summed E-state index contributed by atoms with van der Waals surface area (Å²) in [5, 5.41) is 5.39. The maximum absolute atomic E-state index is 13.6. The number of aromatic nitrogens is 1. The van der Waals surface area contributed by atoms with Crippen LogP contribution < -0.4 is 5.32 Å². The van der Waals surface area contributed by atoms with E-state index in [-0.39, 0.29) is 11.7 Å². The molecule has 0 radical (unpaired) electrons. The lowest BCUT2D eigenvalue weighted by Gasteiger charge is -2.05. The minimum Gasteiger partial charge on any atom is -0.351 e. The Bertz CT molecular complexity index is 615. The highest BCUT2D eigenvalue weighted by molar-refractivity contribution is 9.10. The summed E-state index contributed by atoms with van der Waals surface area (Å²) in [6.07, 6.45) is 1.28. The third kappa shape index (κ3) is 4.11. The van der Waals surface area contributed by atoms with Crippen LogP contribution in [0, 0.1) is 12.7 Å². The van der Waals surface area contributed by atoms with Crippen molar-refractivity contribution in [1.82, 2.24) is 10.3 Å². The summed E-state index contributed by atoms with van der Waals surface area (Å²) < 4.78 is 14.3. The fourth-order valence-electron chi connectivity index (χ4n) is 1.76. The predicted octanol–water partition coefficient (Wildman–Crippen LogP) is 3.72. The Hall–Kier alpha value is -1.27. The number of carbonyl (C=O) groups excluding carboxylic acids is 1. The Balaban J connectivity index is 1.77. The molecule has 0 aliphatic carbocycles. The first kappa shape index (κ1) is 15.1. The summed E-state index contributed by atoms with van der Waals surface area (Å²) in [6.45, 7) is 2.36. The number of rotatable bonds is 5. The first-order chi connectivity index (χ1) is 9.56. The number of nitrogens with one attached hydrogen (secondary N) is 1. The lowest BCUT2D eigenvalue weighted by Crippen LogP contribution is -2.25. The molecule has 106 valence electrons. The number of aryl methyl sites for hydroxylation is 2. The Labute approximate surface area is 129 Å². The van der Waals surface area contributed by atoms with E-state index in [0.717, 1.165) is 9.48 Å². The second kappa shape index (κ2) is 6.95. The van der Waals surface area contributed by atoms with Crippen LogP contribution in [-0.2, 0) is 6.42 Å². The van der Waals surface area contributed by atoms with Crippen LogP contribution in [0.4, 0.5) is 4.39 Å². The van der Waals surface area contributed by atoms with Gasteiger partial charge in [-0.2, -0.15) is 0 Å². The van der Waals surface area contributed by atoms with Gasteiger partial charge in [-0.1, -0.05) is 22.0 Å². The fourth-order valence-corrected chi connectivity index (χ4v) is 2.69. The van der Waals surface area contributed by atoms with Gasteiger partial charge < -0.3 is 5.32 Å². The third-order valence-electron chi connectivity index (χ3n) is 2.78. The fraction of sp³-hybridized carbons (Fsp3) is 0.286. The number of halogens is 2. The van der Waals surface area contributed by atoms with Crippen LogP contribution in [-0.4, -0.2) is 17.4 Å². The van der Waals surface area contributed by atoms with Crippen molar-refractivity contribution in [2.24, 2.45) is 0 Å². The van der Waals surface area contributed by atoms with Crippen molar-refractivity contribution in [3.8, 4) is 0 Å². The van der Waals surface area contributed by atoms with E-state index in [1.807, 2.05) is 13.0 Å². The molecule has 1 aromatic carbocycles. The molecule has 0 aliphatic rings. The highest BCUT2D eigenvalue weighted by Gasteiger charge is 2.08. The largest absolute Gasteiger partial charge is 0.351 e. The highest BCUT2D eigenvalue weighted by atomic mass is 79.9. The molecule has 0 atom stereocenters. The quantitative estimate of drug-likeness (QED) is 0.829. The lowest BCUT2D eigenvalue weighted by atomic mass is 10.1. The van der Waals surface area contributed by atoms with Gasteiger partial charge in [0.15, 0.2) is 0 Å². The van der Waals surface area contributed by atoms with Gasteiger partial charge in [0, 0.05) is 16.4 Å². The zero-order valence-electron chi connectivity index (χ0n) is 11.0. The minimum atomic E-state index is -0.221. The second-order valence-electron chi connectivity index (χ2n) is 4.35. The van der Waals surface area contributed by atoms with E-state index < -0.39 is 0 Å². The van der Waals surface area contributed by atoms with Crippen LogP contribution in [0.2, 0.25) is 0 Å². The molecule has 20 heavy (non-hydrogen) atoms. The molecule has 1 heterocycles. The van der Waals surface area contributed by atoms with Gasteiger partial charge in [0.05, 0.1) is 5.01 Å². The molecule has 2 aromatic rings. The maximum Gasteiger partial charge on any atom is 0.270 e. The van der Waals surface area contributed by atoms with Crippen LogP contribution in [0.5, 0.6) is 0 Å². The lowest BCUT2D eigenvalue weighted by molar-refractivity contribution is 0.0949. The first-order valence-corrected chi connectivity index (χ1v) is 7.88. The summed E-state index contributed by atoms with van der Waals surface area (Å²) in [7, 11) is 0. The molecule has 1 aromatic heterocycles. The summed E-state index contributed by atoms with van der Waals surface area (Å²) in [4.78, 5) is 15.8. The van der Waals surface area contributed by atoms with Crippen LogP contribution in [0.15, 0.2) is 28.1 Å². The van der Waals surface area contributed by atoms with Crippen LogP contribution in [0.25, 0.3) is 0 Å². The molecule has 0 spiro atoms. The van der Waals surface area contributed by atoms with E-state index in [0.29, 0.717) is 30.6 Å². The maximum atomic E-state index is 13.6. The molecule has 1 N–H and O–H groups in total. The number of nitrogens with zero attached hydrogens (tertiary/aromatic N) is 1. The monoisotopic (exact) mass is 356 g/mol. The normalized spacial score (nSPS) is 10.6. The number of hydrogen-bond donors (Lipinski definition) is 1. The zero-order chi connectivity index (χ0) is 14.5. The van der Waals surface area contributed by atoms with Crippen LogP contribution in [0.3, 0.4) is 0 Å². The van der Waals surface area contributed by atoms with Gasteiger partial charge in [0.2, 0.25) is 0 Å². The van der Waals surface area contributed by atoms with E-state index in [1.54, 1.807) is 11.4 Å². The highest BCUT2D eigenvalue weighted by Crippen LogP contribution is 2.16. The number of thiazole rings is 1. The molecule has 0 bridgehead atoms. The molecule has 0 saturated heterocycles. The number of amides is 1. The van der Waals surface area contributed by atoms with Crippen molar-refractivity contribution in [3.05, 3.63) is 50.1 Å². The van der Waals surface area contributed by atoms with Gasteiger partial charge in [0.25, 0.3) is 5.91 Å². The molecular formula is C14H14BrFN2OS.